The minimum Gasteiger partial charge on any atom is -0.367 e. The van der Waals surface area contributed by atoms with Crippen molar-refractivity contribution in [2.75, 3.05) is 66.5 Å². The van der Waals surface area contributed by atoms with Crippen LogP contribution in [0.4, 0.5) is 0 Å². The molecule has 0 bridgehead atoms. The summed E-state index contributed by atoms with van der Waals surface area (Å²) in [6, 6.07) is 19.9. The molecule has 2 saturated heterocycles. The number of rotatable bonds is 1. The Labute approximate surface area is 284 Å². The topological polar surface area (TPSA) is 48.7 Å². The number of aromatic nitrogens is 2. The van der Waals surface area contributed by atoms with Gasteiger partial charge in [0.15, 0.2) is 5.78 Å². The van der Waals surface area contributed by atoms with Crippen molar-refractivity contribution in [2.45, 2.75) is 26.4 Å². The average molecular weight is 682 g/mol. The molecule has 1 N–H and O–H groups in total. The van der Waals surface area contributed by atoms with Crippen LogP contribution in [0, 0.1) is 0 Å². The zero-order valence-electron chi connectivity index (χ0n) is 25.6. The van der Waals surface area contributed by atoms with Crippen LogP contribution in [-0.2, 0) is 6.54 Å². The molecule has 0 spiro atoms. The lowest BCUT2D eigenvalue weighted by Crippen LogP contribution is -2.43. The number of hydrogen-bond acceptors (Lipinski definition) is 7. The molecule has 0 unspecified atom stereocenters. The summed E-state index contributed by atoms with van der Waals surface area (Å²) < 4.78 is 4.17. The molecule has 2 fully saturated rings. The van der Waals surface area contributed by atoms with Crippen LogP contribution < -0.4 is 5.32 Å². The molecular weight excluding hydrogens is 643 g/mol. The van der Waals surface area contributed by atoms with Crippen molar-refractivity contribution in [3.8, 4) is 0 Å². The van der Waals surface area contributed by atoms with Gasteiger partial charge in [-0.3, -0.25) is 4.79 Å². The van der Waals surface area contributed by atoms with Crippen LogP contribution in [-0.4, -0.2) is 96.1 Å². The summed E-state index contributed by atoms with van der Waals surface area (Å²) in [6.45, 7) is 9.43. The number of piperazine rings is 2. The Hall–Kier alpha value is -2.63. The van der Waals surface area contributed by atoms with E-state index in [1.807, 2.05) is 41.1 Å². The van der Waals surface area contributed by atoms with Crippen LogP contribution in [0.15, 0.2) is 92.9 Å². The van der Waals surface area contributed by atoms with E-state index in [4.69, 9.17) is 23.2 Å². The zero-order valence-corrected chi connectivity index (χ0v) is 28.7. The molecule has 4 aliphatic rings. The van der Waals surface area contributed by atoms with Crippen LogP contribution in [0.5, 0.6) is 0 Å². The number of carbonyl (C=O) groups is 1. The summed E-state index contributed by atoms with van der Waals surface area (Å²) in [5, 5.41) is 7.02. The van der Waals surface area contributed by atoms with Gasteiger partial charge in [-0.1, -0.05) is 46.7 Å². The second-order valence-electron chi connectivity index (χ2n) is 11.5. The van der Waals surface area contributed by atoms with E-state index >= 15 is 0 Å². The molecule has 8 rings (SSSR count). The summed E-state index contributed by atoms with van der Waals surface area (Å²) in [7, 11) is 4.34. The molecule has 6 heterocycles. The van der Waals surface area contributed by atoms with E-state index < -0.39 is 0 Å². The molecule has 0 saturated carbocycles. The lowest BCUT2D eigenvalue weighted by Gasteiger charge is -2.35. The molecule has 0 aliphatic carbocycles. The Morgan fingerprint density at radius 1 is 0.711 bits per heavy atom. The molecule has 0 atom stereocenters. The zero-order chi connectivity index (χ0) is 31.3. The molecule has 4 aromatic rings. The van der Waals surface area contributed by atoms with Gasteiger partial charge >= 0.3 is 0 Å². The minimum absolute atomic E-state index is 0.111. The van der Waals surface area contributed by atoms with Gasteiger partial charge in [0.1, 0.15) is 0 Å². The third kappa shape index (κ3) is 8.03. The number of ketones is 1. The number of Topliss-reactive ketones (excluding diaryl/α,β-unsaturated/α-hetero) is 1. The predicted octanol–water partition coefficient (Wildman–Crippen LogP) is 6.82. The number of fused-ring (bicyclic) bond motifs is 4. The molecule has 45 heavy (non-hydrogen) atoms. The SMILES string of the molecule is CN1CCN(C2=Cn3cccc3Sc3ccc(Cl)cc32)CC1.CN1CCNCC1.O=C1Cn2cccc2Sc2ccc(Cl)cc21. The predicted molar refractivity (Wildman–Crippen MR) is 188 cm³/mol. The molecule has 236 valence electrons. The third-order valence-electron chi connectivity index (χ3n) is 8.18. The Balaban J connectivity index is 0.000000135. The Morgan fingerprint density at radius 2 is 1.31 bits per heavy atom. The summed E-state index contributed by atoms with van der Waals surface area (Å²) >= 11 is 15.6. The van der Waals surface area contributed by atoms with Gasteiger partial charge in [-0.2, -0.15) is 0 Å². The van der Waals surface area contributed by atoms with Crippen molar-refractivity contribution in [2.24, 2.45) is 0 Å². The smallest absolute Gasteiger partial charge is 0.183 e. The molecule has 7 nitrogen and oxygen atoms in total. The van der Waals surface area contributed by atoms with E-state index in [9.17, 15) is 4.79 Å². The van der Waals surface area contributed by atoms with Gasteiger partial charge in [0, 0.05) is 102 Å². The van der Waals surface area contributed by atoms with Gasteiger partial charge in [-0.25, -0.2) is 0 Å². The van der Waals surface area contributed by atoms with Gasteiger partial charge < -0.3 is 29.2 Å². The fraction of sp³-hybridized carbons (Fsp3) is 0.324. The van der Waals surface area contributed by atoms with E-state index in [0.717, 1.165) is 59.8 Å². The summed E-state index contributed by atoms with van der Waals surface area (Å²) in [5.74, 6) is 0.111. The van der Waals surface area contributed by atoms with Gasteiger partial charge in [0.25, 0.3) is 0 Å². The van der Waals surface area contributed by atoms with Gasteiger partial charge in [-0.15, -0.1) is 0 Å². The number of benzene rings is 2. The minimum atomic E-state index is 0.111. The number of halogens is 2. The Bertz CT molecular complexity index is 1670. The van der Waals surface area contributed by atoms with Crippen LogP contribution >= 0.6 is 46.7 Å². The molecule has 0 amide bonds. The molecule has 2 aromatic carbocycles. The first-order valence-electron chi connectivity index (χ1n) is 15.2. The van der Waals surface area contributed by atoms with Crippen molar-refractivity contribution < 1.29 is 4.79 Å². The first-order valence-corrected chi connectivity index (χ1v) is 17.6. The number of likely N-dealkylation sites (N-methyl/N-ethyl adjacent to an activating group) is 2. The number of hydrogen-bond donors (Lipinski definition) is 1. The Kier molecular flexibility index (Phi) is 10.7. The standard InChI is InChI=1S/C17H18ClN3S.C12H8ClNOS.C5H12N2/c1-19-7-9-20(10-8-19)15-12-21-6-2-3-17(21)22-16-5-4-13(18)11-14(15)16;13-8-3-4-11-9(6-8)10(15)7-14-5-1-2-12(14)16-11;1-7-4-2-6-3-5-7/h2-6,11-12H,7-10H2,1H3;1-6H,7H2;6H,2-5H2,1H3. The lowest BCUT2D eigenvalue weighted by atomic mass is 10.1. The maximum absolute atomic E-state index is 12.0. The van der Waals surface area contributed by atoms with Crippen molar-refractivity contribution in [1.29, 1.82) is 0 Å². The Morgan fingerprint density at radius 3 is 2.00 bits per heavy atom. The van der Waals surface area contributed by atoms with Gasteiger partial charge in [0.2, 0.25) is 0 Å². The van der Waals surface area contributed by atoms with Crippen molar-refractivity contribution >= 4 is 64.4 Å². The number of nitrogens with zero attached hydrogens (tertiary/aromatic N) is 5. The highest BCUT2D eigenvalue weighted by atomic mass is 35.5. The van der Waals surface area contributed by atoms with E-state index in [2.05, 4.69) is 75.3 Å². The number of nitrogens with one attached hydrogen (secondary N) is 1. The number of carbonyl (C=O) groups excluding carboxylic acids is 1. The molecule has 0 radical (unpaired) electrons. The third-order valence-corrected chi connectivity index (χ3v) is 10.9. The van der Waals surface area contributed by atoms with Crippen LogP contribution in [0.1, 0.15) is 15.9 Å². The van der Waals surface area contributed by atoms with Crippen molar-refractivity contribution in [3.63, 3.8) is 0 Å². The van der Waals surface area contributed by atoms with Crippen LogP contribution in [0.2, 0.25) is 10.0 Å². The van der Waals surface area contributed by atoms with Gasteiger partial charge in [-0.05, 0) is 74.8 Å². The molecule has 4 aliphatic heterocycles. The largest absolute Gasteiger partial charge is 0.367 e. The quantitative estimate of drug-likeness (QED) is 0.237. The van der Waals surface area contributed by atoms with Crippen molar-refractivity contribution in [3.05, 3.63) is 94.2 Å². The van der Waals surface area contributed by atoms with E-state index in [-0.39, 0.29) is 5.78 Å². The van der Waals surface area contributed by atoms with E-state index in [1.165, 1.54) is 34.3 Å². The molecule has 2 aromatic heterocycles. The maximum atomic E-state index is 12.0. The fourth-order valence-corrected chi connectivity index (χ4v) is 7.91. The fourth-order valence-electron chi connectivity index (χ4n) is 5.54. The first kappa shape index (κ1) is 32.3. The monoisotopic (exact) mass is 680 g/mol. The normalized spacial score (nSPS) is 18.0. The highest BCUT2D eigenvalue weighted by Gasteiger charge is 2.23. The first-order chi connectivity index (χ1) is 21.8. The maximum Gasteiger partial charge on any atom is 0.183 e. The summed E-state index contributed by atoms with van der Waals surface area (Å²) in [4.78, 5) is 21.5. The van der Waals surface area contributed by atoms with E-state index in [0.29, 0.717) is 11.6 Å². The summed E-state index contributed by atoms with van der Waals surface area (Å²) in [6.07, 6.45) is 6.29. The highest BCUT2D eigenvalue weighted by molar-refractivity contribution is 7.99. The highest BCUT2D eigenvalue weighted by Crippen LogP contribution is 2.40. The lowest BCUT2D eigenvalue weighted by molar-refractivity contribution is 0.0968. The second kappa shape index (κ2) is 14.9. The molecule has 11 heteroatoms. The van der Waals surface area contributed by atoms with Gasteiger partial charge in [0.05, 0.1) is 22.3 Å². The van der Waals surface area contributed by atoms with Crippen LogP contribution in [0.3, 0.4) is 0 Å². The van der Waals surface area contributed by atoms with E-state index in [1.54, 1.807) is 29.6 Å². The van der Waals surface area contributed by atoms with Crippen molar-refractivity contribution in [1.82, 2.24) is 29.2 Å². The second-order valence-corrected chi connectivity index (χ2v) is 14.5. The summed E-state index contributed by atoms with van der Waals surface area (Å²) in [5.41, 5.74) is 3.24. The van der Waals surface area contributed by atoms with Crippen LogP contribution in [0.25, 0.3) is 11.9 Å². The average Bonchev–Trinajstić information content (AvgIpc) is 3.61. The molecular formula is C34H38Cl2N6OS2.